The normalized spacial score (nSPS) is 30.6. The Hall–Kier alpha value is -1.07. The molecule has 0 amide bonds. The Bertz CT molecular complexity index is 350. The van der Waals surface area contributed by atoms with E-state index >= 15 is 0 Å². The van der Waals surface area contributed by atoms with Gasteiger partial charge in [-0.25, -0.2) is 0 Å². The summed E-state index contributed by atoms with van der Waals surface area (Å²) in [6, 6.07) is 8.59. The zero-order valence-electron chi connectivity index (χ0n) is 8.57. The fraction of sp³-hybridized carbons (Fsp3) is 0.455. The summed E-state index contributed by atoms with van der Waals surface area (Å²) in [4.78, 5) is 0. The lowest BCUT2D eigenvalue weighted by atomic mass is 10.2. The second-order valence-electron chi connectivity index (χ2n) is 3.68. The zero-order valence-corrected chi connectivity index (χ0v) is 8.57. The Labute approximate surface area is 91.0 Å². The van der Waals surface area contributed by atoms with Crippen LogP contribution in [0.1, 0.15) is 18.8 Å². The van der Waals surface area contributed by atoms with Crippen molar-refractivity contribution in [2.75, 3.05) is 0 Å². The van der Waals surface area contributed by atoms with Crippen molar-refractivity contribution in [3.63, 3.8) is 0 Å². The lowest BCUT2D eigenvalue weighted by Gasteiger charge is -2.16. The van der Waals surface area contributed by atoms with Crippen molar-refractivity contribution in [2.45, 2.75) is 31.6 Å². The second kappa shape index (κ2) is 4.07. The summed E-state index contributed by atoms with van der Waals surface area (Å²) >= 11 is 0. The van der Waals surface area contributed by atoms with Crippen molar-refractivity contribution in [3.8, 4) is 0 Å². The monoisotopic (exact) mass is 232 g/mol. The van der Waals surface area contributed by atoms with Crippen molar-refractivity contribution >= 4 is 0 Å². The van der Waals surface area contributed by atoms with Crippen LogP contribution in [0, 0.1) is 0 Å². The van der Waals surface area contributed by atoms with Gasteiger partial charge in [0.25, 0.3) is 0 Å². The van der Waals surface area contributed by atoms with Crippen LogP contribution in [0.2, 0.25) is 0 Å². The minimum atomic E-state index is -4.39. The van der Waals surface area contributed by atoms with E-state index in [0.717, 1.165) is 0 Å². The third-order valence-electron chi connectivity index (χ3n) is 2.43. The first-order valence-electron chi connectivity index (χ1n) is 4.91. The molecular formula is C11H11F3O2. The number of hydrogen-bond donors (Lipinski definition) is 0. The van der Waals surface area contributed by atoms with E-state index < -0.39 is 24.7 Å². The van der Waals surface area contributed by atoms with Gasteiger partial charge in [0.15, 0.2) is 12.4 Å². The van der Waals surface area contributed by atoms with Crippen LogP contribution in [0.4, 0.5) is 13.2 Å². The van der Waals surface area contributed by atoms with Crippen LogP contribution < -0.4 is 0 Å². The van der Waals surface area contributed by atoms with Gasteiger partial charge in [-0.2, -0.15) is 13.2 Å². The Balaban J connectivity index is 2.13. The molecule has 88 valence electrons. The molecule has 0 aliphatic carbocycles. The molecule has 2 rings (SSSR count). The van der Waals surface area contributed by atoms with Gasteiger partial charge in [0.05, 0.1) is 6.10 Å². The molecule has 16 heavy (non-hydrogen) atoms. The standard InChI is InChI=1S/C11H11F3O2/c1-7-9(11(12,13)14)16-10(15-7)8-5-3-2-4-6-8/h2-7,9-10H,1H3/t7-,9-,10-/m0/s1. The minimum Gasteiger partial charge on any atom is -0.342 e. The van der Waals surface area contributed by atoms with Crippen molar-refractivity contribution < 1.29 is 22.6 Å². The predicted molar refractivity (Wildman–Crippen MR) is 50.7 cm³/mol. The molecule has 1 heterocycles. The summed E-state index contributed by atoms with van der Waals surface area (Å²) in [5.74, 6) is 0. The molecule has 1 aromatic carbocycles. The van der Waals surface area contributed by atoms with Gasteiger partial charge in [-0.3, -0.25) is 0 Å². The Morgan fingerprint density at radius 1 is 1.06 bits per heavy atom. The molecule has 0 radical (unpaired) electrons. The predicted octanol–water partition coefficient (Wildman–Crippen LogP) is 3.05. The molecule has 2 nitrogen and oxygen atoms in total. The summed E-state index contributed by atoms with van der Waals surface area (Å²) in [6.45, 7) is 1.36. The van der Waals surface area contributed by atoms with Gasteiger partial charge in [0.1, 0.15) is 0 Å². The maximum absolute atomic E-state index is 12.5. The van der Waals surface area contributed by atoms with Crippen molar-refractivity contribution in [1.82, 2.24) is 0 Å². The van der Waals surface area contributed by atoms with E-state index in [9.17, 15) is 13.2 Å². The molecule has 1 fully saturated rings. The summed E-state index contributed by atoms with van der Waals surface area (Å²) in [5, 5.41) is 0. The Morgan fingerprint density at radius 2 is 1.69 bits per heavy atom. The quantitative estimate of drug-likeness (QED) is 0.740. The van der Waals surface area contributed by atoms with Crippen LogP contribution in [-0.4, -0.2) is 18.4 Å². The van der Waals surface area contributed by atoms with Gasteiger partial charge in [-0.05, 0) is 6.92 Å². The lowest BCUT2D eigenvalue weighted by Crippen LogP contribution is -2.35. The van der Waals surface area contributed by atoms with Crippen LogP contribution in [0.25, 0.3) is 0 Å². The van der Waals surface area contributed by atoms with E-state index in [2.05, 4.69) is 0 Å². The van der Waals surface area contributed by atoms with Crippen LogP contribution >= 0.6 is 0 Å². The molecule has 1 aromatic rings. The van der Waals surface area contributed by atoms with Crippen LogP contribution in [0.15, 0.2) is 30.3 Å². The van der Waals surface area contributed by atoms with Crippen LogP contribution in [-0.2, 0) is 9.47 Å². The molecule has 1 aliphatic rings. The van der Waals surface area contributed by atoms with Gasteiger partial charge in [-0.1, -0.05) is 30.3 Å². The molecule has 0 N–H and O–H groups in total. The second-order valence-corrected chi connectivity index (χ2v) is 3.68. The summed E-state index contributed by atoms with van der Waals surface area (Å²) in [5.41, 5.74) is 0.598. The maximum Gasteiger partial charge on any atom is 0.417 e. The van der Waals surface area contributed by atoms with Crippen molar-refractivity contribution in [2.24, 2.45) is 0 Å². The summed E-state index contributed by atoms with van der Waals surface area (Å²) in [7, 11) is 0. The molecule has 0 saturated carbocycles. The third kappa shape index (κ3) is 2.20. The molecule has 0 bridgehead atoms. The summed E-state index contributed by atoms with van der Waals surface area (Å²) < 4.78 is 47.5. The van der Waals surface area contributed by atoms with E-state index in [1.54, 1.807) is 30.3 Å². The molecule has 0 unspecified atom stereocenters. The average Bonchev–Trinajstić information content (AvgIpc) is 2.61. The lowest BCUT2D eigenvalue weighted by molar-refractivity contribution is -0.218. The highest BCUT2D eigenvalue weighted by Crippen LogP contribution is 2.38. The molecular weight excluding hydrogens is 221 g/mol. The maximum atomic E-state index is 12.5. The number of benzene rings is 1. The smallest absolute Gasteiger partial charge is 0.342 e. The highest BCUT2D eigenvalue weighted by molar-refractivity contribution is 5.16. The van der Waals surface area contributed by atoms with Gasteiger partial charge >= 0.3 is 6.18 Å². The zero-order chi connectivity index (χ0) is 11.8. The number of ether oxygens (including phenoxy) is 2. The first kappa shape index (κ1) is 11.4. The third-order valence-corrected chi connectivity index (χ3v) is 2.43. The molecule has 0 aromatic heterocycles. The Kier molecular flexibility index (Phi) is 2.90. The van der Waals surface area contributed by atoms with Crippen molar-refractivity contribution in [1.29, 1.82) is 0 Å². The Morgan fingerprint density at radius 3 is 2.19 bits per heavy atom. The van der Waals surface area contributed by atoms with Crippen LogP contribution in [0.5, 0.6) is 0 Å². The first-order chi connectivity index (χ1) is 7.48. The van der Waals surface area contributed by atoms with E-state index in [4.69, 9.17) is 9.47 Å². The summed E-state index contributed by atoms with van der Waals surface area (Å²) in [6.07, 6.45) is -8.14. The topological polar surface area (TPSA) is 18.5 Å². The molecule has 1 aliphatic heterocycles. The molecule has 3 atom stereocenters. The molecule has 0 spiro atoms. The fourth-order valence-corrected chi connectivity index (χ4v) is 1.65. The van der Waals surface area contributed by atoms with Gasteiger partial charge in [-0.15, -0.1) is 0 Å². The molecule has 5 heteroatoms. The number of halogens is 3. The van der Waals surface area contributed by atoms with Crippen molar-refractivity contribution in [3.05, 3.63) is 35.9 Å². The van der Waals surface area contributed by atoms with Gasteiger partial charge in [0.2, 0.25) is 0 Å². The highest BCUT2D eigenvalue weighted by Gasteiger charge is 2.51. The van der Waals surface area contributed by atoms with Gasteiger partial charge < -0.3 is 9.47 Å². The van der Waals surface area contributed by atoms with E-state index in [-0.39, 0.29) is 0 Å². The average molecular weight is 232 g/mol. The minimum absolute atomic E-state index is 0.598. The molecule has 1 saturated heterocycles. The van der Waals surface area contributed by atoms with Gasteiger partial charge in [0, 0.05) is 5.56 Å². The SMILES string of the molecule is C[C@@H]1O[C@H](c2ccccc2)O[C@@H]1C(F)(F)F. The number of alkyl halides is 3. The van der Waals surface area contributed by atoms with E-state index in [1.165, 1.54) is 6.92 Å². The van der Waals surface area contributed by atoms with Crippen LogP contribution in [0.3, 0.4) is 0 Å². The first-order valence-corrected chi connectivity index (χ1v) is 4.91. The fourth-order valence-electron chi connectivity index (χ4n) is 1.65. The highest BCUT2D eigenvalue weighted by atomic mass is 19.4. The van der Waals surface area contributed by atoms with E-state index in [1.807, 2.05) is 0 Å². The largest absolute Gasteiger partial charge is 0.417 e. The number of hydrogen-bond acceptors (Lipinski definition) is 2. The van der Waals surface area contributed by atoms with E-state index in [0.29, 0.717) is 5.56 Å². The number of rotatable bonds is 1.